The van der Waals surface area contributed by atoms with Gasteiger partial charge in [0.2, 0.25) is 5.91 Å². The third-order valence-electron chi connectivity index (χ3n) is 5.09. The topological polar surface area (TPSA) is 64.2 Å². The van der Waals surface area contributed by atoms with Gasteiger partial charge in [-0.25, -0.2) is 4.98 Å². The van der Waals surface area contributed by atoms with E-state index in [4.69, 9.17) is 10.7 Å². The molecule has 0 radical (unpaired) electrons. The van der Waals surface area contributed by atoms with Crippen molar-refractivity contribution < 1.29 is 4.79 Å². The SMILES string of the molecule is CCCN(CCC)c1ccc2c(c1)nc(Cc1ccc(/C=C/C(N)=O)cc1)n2C. The van der Waals surface area contributed by atoms with Gasteiger partial charge in [-0.3, -0.25) is 4.79 Å². The summed E-state index contributed by atoms with van der Waals surface area (Å²) in [5, 5.41) is 0. The van der Waals surface area contributed by atoms with Crippen LogP contribution in [-0.4, -0.2) is 28.5 Å². The minimum absolute atomic E-state index is 0.440. The van der Waals surface area contributed by atoms with Crippen LogP contribution in [0.15, 0.2) is 48.5 Å². The maximum atomic E-state index is 10.9. The van der Waals surface area contributed by atoms with Gasteiger partial charge >= 0.3 is 0 Å². The monoisotopic (exact) mass is 390 g/mol. The minimum atomic E-state index is -0.440. The predicted octanol–water partition coefficient (Wildman–Crippen LogP) is 4.29. The highest BCUT2D eigenvalue weighted by atomic mass is 16.1. The Hall–Kier alpha value is -3.08. The van der Waals surface area contributed by atoms with Crippen molar-refractivity contribution in [1.82, 2.24) is 9.55 Å². The maximum absolute atomic E-state index is 10.9. The summed E-state index contributed by atoms with van der Waals surface area (Å²) < 4.78 is 2.17. The number of amides is 1. The number of aryl methyl sites for hydroxylation is 1. The molecule has 0 spiro atoms. The van der Waals surface area contributed by atoms with Crippen molar-refractivity contribution in [2.45, 2.75) is 33.1 Å². The second-order valence-corrected chi connectivity index (χ2v) is 7.40. The normalized spacial score (nSPS) is 11.4. The molecule has 0 aliphatic carbocycles. The van der Waals surface area contributed by atoms with Gasteiger partial charge in [-0.15, -0.1) is 0 Å². The summed E-state index contributed by atoms with van der Waals surface area (Å²) in [4.78, 5) is 18.2. The van der Waals surface area contributed by atoms with Crippen molar-refractivity contribution in [3.8, 4) is 0 Å². The van der Waals surface area contributed by atoms with Gasteiger partial charge in [-0.1, -0.05) is 38.1 Å². The first-order valence-electron chi connectivity index (χ1n) is 10.3. The second-order valence-electron chi connectivity index (χ2n) is 7.40. The van der Waals surface area contributed by atoms with E-state index in [0.29, 0.717) is 0 Å². The number of hydrogen-bond acceptors (Lipinski definition) is 3. The first-order chi connectivity index (χ1) is 14.0. The Morgan fingerprint density at radius 1 is 1.10 bits per heavy atom. The molecule has 3 rings (SSSR count). The van der Waals surface area contributed by atoms with Crippen molar-refractivity contribution in [3.63, 3.8) is 0 Å². The molecule has 2 aromatic carbocycles. The fraction of sp³-hybridized carbons (Fsp3) is 0.333. The van der Waals surface area contributed by atoms with E-state index in [-0.39, 0.29) is 0 Å². The molecule has 0 unspecified atom stereocenters. The molecule has 3 aromatic rings. The van der Waals surface area contributed by atoms with Crippen LogP contribution < -0.4 is 10.6 Å². The minimum Gasteiger partial charge on any atom is -0.371 e. The summed E-state index contributed by atoms with van der Waals surface area (Å²) in [7, 11) is 2.07. The highest BCUT2D eigenvalue weighted by molar-refractivity contribution is 5.90. The van der Waals surface area contributed by atoms with Crippen molar-refractivity contribution in [3.05, 3.63) is 65.5 Å². The van der Waals surface area contributed by atoms with E-state index >= 15 is 0 Å². The smallest absolute Gasteiger partial charge is 0.241 e. The van der Waals surface area contributed by atoms with E-state index in [9.17, 15) is 4.79 Å². The van der Waals surface area contributed by atoms with Crippen LogP contribution in [-0.2, 0) is 18.3 Å². The molecule has 1 aromatic heterocycles. The fourth-order valence-electron chi connectivity index (χ4n) is 3.61. The zero-order chi connectivity index (χ0) is 20.8. The number of imidazole rings is 1. The fourth-order valence-corrected chi connectivity index (χ4v) is 3.61. The average molecular weight is 391 g/mol. The number of aromatic nitrogens is 2. The third-order valence-corrected chi connectivity index (χ3v) is 5.09. The van der Waals surface area contributed by atoms with Gasteiger partial charge in [-0.2, -0.15) is 0 Å². The number of fused-ring (bicyclic) bond motifs is 1. The van der Waals surface area contributed by atoms with Gasteiger partial charge in [0.15, 0.2) is 0 Å². The lowest BCUT2D eigenvalue weighted by Crippen LogP contribution is -2.24. The van der Waals surface area contributed by atoms with Crippen LogP contribution in [0, 0.1) is 0 Å². The Morgan fingerprint density at radius 2 is 1.79 bits per heavy atom. The Balaban J connectivity index is 1.83. The molecule has 0 saturated heterocycles. The number of hydrogen-bond donors (Lipinski definition) is 1. The molecule has 29 heavy (non-hydrogen) atoms. The van der Waals surface area contributed by atoms with Crippen molar-refractivity contribution in [2.24, 2.45) is 12.8 Å². The lowest BCUT2D eigenvalue weighted by molar-refractivity contribution is -0.113. The van der Waals surface area contributed by atoms with Crippen molar-refractivity contribution in [1.29, 1.82) is 0 Å². The number of primary amides is 1. The average Bonchev–Trinajstić information content (AvgIpc) is 3.02. The van der Waals surface area contributed by atoms with Gasteiger partial charge in [-0.05, 0) is 48.2 Å². The summed E-state index contributed by atoms with van der Waals surface area (Å²) >= 11 is 0. The standard InChI is InChI=1S/C24H30N4O/c1-4-14-28(15-5-2)20-11-12-22-21(17-20)26-24(27(22)3)16-19-8-6-18(7-9-19)10-13-23(25)29/h6-13,17H,4-5,14-16H2,1-3H3,(H2,25,29)/b13-10+. The first kappa shape index (κ1) is 20.6. The Labute approximate surface area is 172 Å². The second kappa shape index (κ2) is 9.41. The zero-order valence-electron chi connectivity index (χ0n) is 17.6. The summed E-state index contributed by atoms with van der Waals surface area (Å²) in [5.74, 6) is 0.597. The number of benzene rings is 2. The van der Waals surface area contributed by atoms with E-state index in [0.717, 1.165) is 54.8 Å². The largest absolute Gasteiger partial charge is 0.371 e. The summed E-state index contributed by atoms with van der Waals surface area (Å²) in [6.07, 6.45) is 6.12. The first-order valence-corrected chi connectivity index (χ1v) is 10.3. The van der Waals surface area contributed by atoms with Crippen LogP contribution in [0.3, 0.4) is 0 Å². The summed E-state index contributed by atoms with van der Waals surface area (Å²) in [6.45, 7) is 6.56. The van der Waals surface area contributed by atoms with E-state index in [1.165, 1.54) is 17.3 Å². The van der Waals surface area contributed by atoms with Crippen LogP contribution >= 0.6 is 0 Å². The number of nitrogens with two attached hydrogens (primary N) is 1. The maximum Gasteiger partial charge on any atom is 0.241 e. The Morgan fingerprint density at radius 3 is 2.41 bits per heavy atom. The number of rotatable bonds is 9. The molecule has 152 valence electrons. The zero-order valence-corrected chi connectivity index (χ0v) is 17.6. The van der Waals surface area contributed by atoms with Crippen LogP contribution in [0.25, 0.3) is 17.1 Å². The van der Waals surface area contributed by atoms with E-state index in [2.05, 4.69) is 60.7 Å². The molecule has 0 atom stereocenters. The molecule has 0 bridgehead atoms. The molecule has 0 fully saturated rings. The Bertz CT molecular complexity index is 996. The molecular weight excluding hydrogens is 360 g/mol. The molecule has 1 amide bonds. The summed E-state index contributed by atoms with van der Waals surface area (Å²) in [6, 6.07) is 14.7. The number of nitrogens with zero attached hydrogens (tertiary/aromatic N) is 3. The quantitative estimate of drug-likeness (QED) is 0.554. The van der Waals surface area contributed by atoms with Crippen molar-refractivity contribution in [2.75, 3.05) is 18.0 Å². The van der Waals surface area contributed by atoms with E-state index < -0.39 is 5.91 Å². The molecular formula is C24H30N4O. The van der Waals surface area contributed by atoms with Gasteiger partial charge < -0.3 is 15.2 Å². The van der Waals surface area contributed by atoms with Gasteiger partial charge in [0.05, 0.1) is 11.0 Å². The molecule has 0 aliphatic rings. The predicted molar refractivity (Wildman–Crippen MR) is 121 cm³/mol. The molecule has 1 heterocycles. The number of anilines is 1. The van der Waals surface area contributed by atoms with E-state index in [1.807, 2.05) is 12.1 Å². The molecule has 5 heteroatoms. The van der Waals surface area contributed by atoms with Crippen LogP contribution in [0.5, 0.6) is 0 Å². The summed E-state index contributed by atoms with van der Waals surface area (Å²) in [5.41, 5.74) is 10.7. The lowest BCUT2D eigenvalue weighted by Gasteiger charge is -2.23. The highest BCUT2D eigenvalue weighted by Crippen LogP contribution is 2.24. The number of carbonyl (C=O) groups excluding carboxylic acids is 1. The third kappa shape index (κ3) is 5.05. The Kier molecular flexibility index (Phi) is 6.70. The van der Waals surface area contributed by atoms with E-state index in [1.54, 1.807) is 6.08 Å². The number of carbonyl (C=O) groups is 1. The van der Waals surface area contributed by atoms with Gasteiger partial charge in [0, 0.05) is 38.3 Å². The van der Waals surface area contributed by atoms with Crippen LogP contribution in [0.2, 0.25) is 0 Å². The molecule has 0 aliphatic heterocycles. The molecule has 2 N–H and O–H groups in total. The molecule has 5 nitrogen and oxygen atoms in total. The van der Waals surface area contributed by atoms with Crippen molar-refractivity contribution >= 4 is 28.7 Å². The molecule has 0 saturated carbocycles. The lowest BCUT2D eigenvalue weighted by atomic mass is 10.1. The van der Waals surface area contributed by atoms with Crippen LogP contribution in [0.1, 0.15) is 43.6 Å². The highest BCUT2D eigenvalue weighted by Gasteiger charge is 2.11. The van der Waals surface area contributed by atoms with Gasteiger partial charge in [0.1, 0.15) is 5.82 Å². The van der Waals surface area contributed by atoms with Gasteiger partial charge in [0.25, 0.3) is 0 Å². The van der Waals surface area contributed by atoms with Crippen LogP contribution in [0.4, 0.5) is 5.69 Å².